The van der Waals surface area contributed by atoms with Gasteiger partial charge in [0.1, 0.15) is 5.75 Å². The quantitative estimate of drug-likeness (QED) is 0.643. The van der Waals surface area contributed by atoms with Crippen molar-refractivity contribution in [2.45, 2.75) is 24.6 Å². The van der Waals surface area contributed by atoms with E-state index in [0.29, 0.717) is 0 Å². The summed E-state index contributed by atoms with van der Waals surface area (Å²) in [4.78, 5) is 1.33. The summed E-state index contributed by atoms with van der Waals surface area (Å²) in [6, 6.07) is 6.43. The molecule has 2 aromatic rings. The highest BCUT2D eigenvalue weighted by molar-refractivity contribution is 9.09. The second-order valence-corrected chi connectivity index (χ2v) is 6.98. The Morgan fingerprint density at radius 3 is 3.00 bits per heavy atom. The molecule has 4 heteroatoms. The van der Waals surface area contributed by atoms with Gasteiger partial charge in [-0.05, 0) is 47.9 Å². The van der Waals surface area contributed by atoms with E-state index in [-0.39, 0.29) is 4.83 Å². The standard InChI is InChI=1S/C15H14BrClOS/c1-9-8-19-15(14(9)17)13(16)11-4-5-12-10(7-11)3-2-6-18-12/h4-5,7-8,13H,2-3,6H2,1H3. The number of ether oxygens (including phenoxy) is 1. The van der Waals surface area contributed by atoms with Crippen LogP contribution in [-0.2, 0) is 6.42 Å². The molecule has 0 aliphatic carbocycles. The lowest BCUT2D eigenvalue weighted by molar-refractivity contribution is 0.288. The summed E-state index contributed by atoms with van der Waals surface area (Å²) >= 11 is 11.8. The summed E-state index contributed by atoms with van der Waals surface area (Å²) < 4.78 is 5.65. The van der Waals surface area contributed by atoms with Crippen molar-refractivity contribution >= 4 is 38.9 Å². The zero-order chi connectivity index (χ0) is 13.4. The van der Waals surface area contributed by atoms with Gasteiger partial charge in [-0.15, -0.1) is 11.3 Å². The average molecular weight is 358 g/mol. The Bertz CT molecular complexity index is 608. The maximum atomic E-state index is 6.35. The highest BCUT2D eigenvalue weighted by atomic mass is 79.9. The zero-order valence-corrected chi connectivity index (χ0v) is 13.7. The number of hydrogen-bond acceptors (Lipinski definition) is 2. The Hall–Kier alpha value is -0.510. The van der Waals surface area contributed by atoms with E-state index < -0.39 is 0 Å². The summed E-state index contributed by atoms with van der Waals surface area (Å²) in [5.41, 5.74) is 3.69. The Kier molecular flexibility index (Phi) is 3.88. The van der Waals surface area contributed by atoms with Crippen LogP contribution in [0.5, 0.6) is 5.75 Å². The number of rotatable bonds is 2. The first-order chi connectivity index (χ1) is 9.16. The van der Waals surface area contributed by atoms with E-state index in [1.165, 1.54) is 16.0 Å². The molecule has 0 fully saturated rings. The van der Waals surface area contributed by atoms with Crippen LogP contribution in [-0.4, -0.2) is 6.61 Å². The minimum absolute atomic E-state index is 0.158. The number of alkyl halides is 1. The molecular formula is C15H14BrClOS. The topological polar surface area (TPSA) is 9.23 Å². The van der Waals surface area contributed by atoms with Crippen LogP contribution in [0.15, 0.2) is 23.6 Å². The van der Waals surface area contributed by atoms with Crippen LogP contribution in [0, 0.1) is 6.92 Å². The SMILES string of the molecule is Cc1csc(C(Br)c2ccc3c(c2)CCCO3)c1Cl. The van der Waals surface area contributed by atoms with Crippen molar-refractivity contribution in [2.75, 3.05) is 6.61 Å². The predicted molar refractivity (Wildman–Crippen MR) is 85.1 cm³/mol. The van der Waals surface area contributed by atoms with E-state index in [1.54, 1.807) is 11.3 Å². The number of benzene rings is 1. The number of fused-ring (bicyclic) bond motifs is 1. The molecule has 0 bridgehead atoms. The smallest absolute Gasteiger partial charge is 0.122 e. The third-order valence-electron chi connectivity index (χ3n) is 3.38. The van der Waals surface area contributed by atoms with Crippen molar-refractivity contribution in [2.24, 2.45) is 0 Å². The molecule has 1 nitrogen and oxygen atoms in total. The fourth-order valence-corrected chi connectivity index (χ4v) is 4.58. The van der Waals surface area contributed by atoms with Crippen LogP contribution in [0.4, 0.5) is 0 Å². The van der Waals surface area contributed by atoms with Gasteiger partial charge in [0, 0.05) is 4.88 Å². The second-order valence-electron chi connectivity index (χ2n) is 4.78. The number of aryl methyl sites for hydroxylation is 2. The third kappa shape index (κ3) is 2.56. The minimum atomic E-state index is 0.158. The first kappa shape index (κ1) is 13.5. The van der Waals surface area contributed by atoms with E-state index in [2.05, 4.69) is 39.5 Å². The van der Waals surface area contributed by atoms with Crippen LogP contribution in [0.3, 0.4) is 0 Å². The molecule has 0 saturated carbocycles. The van der Waals surface area contributed by atoms with E-state index in [1.807, 2.05) is 6.92 Å². The molecule has 100 valence electrons. The third-order valence-corrected chi connectivity index (χ3v) is 6.45. The second kappa shape index (κ2) is 5.47. The molecule has 1 aromatic heterocycles. The molecule has 3 rings (SSSR count). The van der Waals surface area contributed by atoms with Gasteiger partial charge < -0.3 is 4.74 Å². The van der Waals surface area contributed by atoms with Gasteiger partial charge in [0.05, 0.1) is 16.5 Å². The fourth-order valence-electron chi connectivity index (χ4n) is 2.31. The number of halogens is 2. The largest absolute Gasteiger partial charge is 0.493 e. The Balaban J connectivity index is 1.95. The van der Waals surface area contributed by atoms with Crippen molar-refractivity contribution < 1.29 is 4.74 Å². The summed E-state index contributed by atoms with van der Waals surface area (Å²) in [6.07, 6.45) is 2.20. The van der Waals surface area contributed by atoms with Crippen molar-refractivity contribution in [1.82, 2.24) is 0 Å². The lowest BCUT2D eigenvalue weighted by Crippen LogP contribution is -2.08. The fraction of sp³-hybridized carbons (Fsp3) is 0.333. The van der Waals surface area contributed by atoms with Gasteiger partial charge >= 0.3 is 0 Å². The molecule has 1 aliphatic heterocycles. The molecule has 1 unspecified atom stereocenters. The van der Waals surface area contributed by atoms with E-state index in [4.69, 9.17) is 16.3 Å². The van der Waals surface area contributed by atoms with Crippen molar-refractivity contribution in [3.8, 4) is 5.75 Å². The normalized spacial score (nSPS) is 15.7. The molecular weight excluding hydrogens is 344 g/mol. The van der Waals surface area contributed by atoms with Crippen molar-refractivity contribution in [3.63, 3.8) is 0 Å². The number of hydrogen-bond donors (Lipinski definition) is 0. The summed E-state index contributed by atoms with van der Waals surface area (Å²) in [7, 11) is 0. The Labute approximate surface area is 130 Å². The van der Waals surface area contributed by atoms with Crippen LogP contribution in [0.2, 0.25) is 5.02 Å². The lowest BCUT2D eigenvalue weighted by Gasteiger charge is -2.19. The van der Waals surface area contributed by atoms with Gasteiger partial charge in [-0.25, -0.2) is 0 Å². The van der Waals surface area contributed by atoms with Gasteiger partial charge in [0.15, 0.2) is 0 Å². The van der Waals surface area contributed by atoms with Gasteiger partial charge in [-0.1, -0.05) is 39.7 Å². The molecule has 1 aromatic carbocycles. The Morgan fingerprint density at radius 2 is 2.26 bits per heavy atom. The number of thiophene rings is 1. The van der Waals surface area contributed by atoms with E-state index in [0.717, 1.165) is 35.8 Å². The average Bonchev–Trinajstić information content (AvgIpc) is 2.78. The van der Waals surface area contributed by atoms with Gasteiger partial charge in [0.2, 0.25) is 0 Å². The zero-order valence-electron chi connectivity index (χ0n) is 10.6. The van der Waals surface area contributed by atoms with Crippen LogP contribution >= 0.6 is 38.9 Å². The minimum Gasteiger partial charge on any atom is -0.493 e. The Morgan fingerprint density at radius 1 is 1.42 bits per heavy atom. The first-order valence-corrected chi connectivity index (χ1v) is 8.47. The summed E-state index contributed by atoms with van der Waals surface area (Å²) in [5.74, 6) is 1.03. The molecule has 1 atom stereocenters. The first-order valence-electron chi connectivity index (χ1n) is 6.30. The molecule has 0 amide bonds. The van der Waals surface area contributed by atoms with Crippen LogP contribution in [0.25, 0.3) is 0 Å². The molecule has 1 aliphatic rings. The molecule has 0 radical (unpaired) electrons. The molecule has 19 heavy (non-hydrogen) atoms. The van der Waals surface area contributed by atoms with E-state index >= 15 is 0 Å². The summed E-state index contributed by atoms with van der Waals surface area (Å²) in [5, 5.41) is 2.98. The van der Waals surface area contributed by atoms with Crippen LogP contribution in [0.1, 0.15) is 32.8 Å². The maximum Gasteiger partial charge on any atom is 0.122 e. The van der Waals surface area contributed by atoms with Crippen molar-refractivity contribution in [3.05, 3.63) is 50.2 Å². The molecule has 2 heterocycles. The predicted octanol–water partition coefficient (Wildman–Crippen LogP) is 5.52. The molecule has 0 spiro atoms. The van der Waals surface area contributed by atoms with Crippen molar-refractivity contribution in [1.29, 1.82) is 0 Å². The lowest BCUT2D eigenvalue weighted by atomic mass is 10.0. The van der Waals surface area contributed by atoms with E-state index in [9.17, 15) is 0 Å². The molecule has 0 N–H and O–H groups in total. The molecule has 0 saturated heterocycles. The maximum absolute atomic E-state index is 6.35. The van der Waals surface area contributed by atoms with Gasteiger partial charge in [-0.2, -0.15) is 0 Å². The highest BCUT2D eigenvalue weighted by Gasteiger charge is 2.19. The van der Waals surface area contributed by atoms with Crippen LogP contribution < -0.4 is 4.74 Å². The highest BCUT2D eigenvalue weighted by Crippen LogP contribution is 2.42. The monoisotopic (exact) mass is 356 g/mol. The summed E-state index contributed by atoms with van der Waals surface area (Å²) in [6.45, 7) is 2.88. The van der Waals surface area contributed by atoms with Gasteiger partial charge in [0.25, 0.3) is 0 Å². The van der Waals surface area contributed by atoms with Gasteiger partial charge in [-0.3, -0.25) is 0 Å².